The fourth-order valence-corrected chi connectivity index (χ4v) is 3.26. The summed E-state index contributed by atoms with van der Waals surface area (Å²) < 4.78 is 0.808. The molecule has 0 bridgehead atoms. The molecule has 0 aliphatic carbocycles. The number of halogens is 1. The summed E-state index contributed by atoms with van der Waals surface area (Å²) in [6.07, 6.45) is 0. The number of rotatable bonds is 3. The maximum absolute atomic E-state index is 12.2. The molecule has 2 aromatic rings. The van der Waals surface area contributed by atoms with Crippen molar-refractivity contribution in [1.82, 2.24) is 0 Å². The molecule has 104 valence electrons. The monoisotopic (exact) mass is 353 g/mol. The molecular weight excluding hydrogens is 342 g/mol. The van der Waals surface area contributed by atoms with Crippen LogP contribution in [0.25, 0.3) is 0 Å². The zero-order valence-corrected chi connectivity index (χ0v) is 13.3. The quantitative estimate of drug-likeness (QED) is 0.873. The molecule has 0 radical (unpaired) electrons. The number of carbonyl (C=O) groups excluding carboxylic acids is 1. The minimum absolute atomic E-state index is 0.141. The van der Waals surface area contributed by atoms with Crippen molar-refractivity contribution in [3.05, 3.63) is 49.6 Å². The first kappa shape index (κ1) is 14.7. The Kier molecular flexibility index (Phi) is 4.25. The molecule has 0 aliphatic heterocycles. The fraction of sp³-hybridized carbons (Fsp3) is 0.143. The molecule has 0 unspecified atom stereocenters. The molecule has 0 spiro atoms. The second-order valence-electron chi connectivity index (χ2n) is 4.40. The molecule has 0 fully saturated rings. The highest BCUT2D eigenvalue weighted by Gasteiger charge is 2.18. The van der Waals surface area contributed by atoms with E-state index in [0.29, 0.717) is 11.3 Å². The van der Waals surface area contributed by atoms with Crippen molar-refractivity contribution < 1.29 is 14.7 Å². The third kappa shape index (κ3) is 3.08. The zero-order valence-electron chi connectivity index (χ0n) is 10.9. The molecule has 0 saturated heterocycles. The van der Waals surface area contributed by atoms with Crippen LogP contribution in [-0.2, 0) is 0 Å². The maximum Gasteiger partial charge on any atom is 0.348 e. The molecule has 2 N–H and O–H groups in total. The van der Waals surface area contributed by atoms with Crippen molar-refractivity contribution in [3.63, 3.8) is 0 Å². The second-order valence-corrected chi connectivity index (χ2v) is 6.19. The molecule has 0 aliphatic rings. The van der Waals surface area contributed by atoms with E-state index in [2.05, 4.69) is 21.2 Å². The van der Waals surface area contributed by atoms with Crippen molar-refractivity contribution in [3.8, 4) is 0 Å². The minimum Gasteiger partial charge on any atom is -0.477 e. The van der Waals surface area contributed by atoms with Crippen molar-refractivity contribution in [2.75, 3.05) is 5.32 Å². The van der Waals surface area contributed by atoms with Gasteiger partial charge in [-0.3, -0.25) is 4.79 Å². The van der Waals surface area contributed by atoms with Gasteiger partial charge in [0.1, 0.15) is 4.88 Å². The number of anilines is 1. The largest absolute Gasteiger partial charge is 0.477 e. The number of benzene rings is 1. The smallest absolute Gasteiger partial charge is 0.348 e. The Morgan fingerprint density at radius 1 is 1.25 bits per heavy atom. The van der Waals surface area contributed by atoms with Crippen LogP contribution in [0.15, 0.2) is 28.1 Å². The number of amides is 1. The third-order valence-corrected chi connectivity index (χ3v) is 4.26. The Morgan fingerprint density at radius 2 is 1.95 bits per heavy atom. The first-order valence-corrected chi connectivity index (χ1v) is 7.45. The summed E-state index contributed by atoms with van der Waals surface area (Å²) >= 11 is 4.44. The molecule has 1 aromatic carbocycles. The van der Waals surface area contributed by atoms with Gasteiger partial charge in [0.15, 0.2) is 0 Å². The van der Waals surface area contributed by atoms with E-state index in [4.69, 9.17) is 5.11 Å². The Hall–Kier alpha value is -1.66. The molecule has 20 heavy (non-hydrogen) atoms. The van der Waals surface area contributed by atoms with Crippen molar-refractivity contribution in [2.45, 2.75) is 13.8 Å². The summed E-state index contributed by atoms with van der Waals surface area (Å²) in [6, 6.07) is 5.35. The van der Waals surface area contributed by atoms with Crippen LogP contribution in [0.1, 0.15) is 31.2 Å². The van der Waals surface area contributed by atoms with Crippen LogP contribution in [0.2, 0.25) is 0 Å². The van der Waals surface area contributed by atoms with Gasteiger partial charge < -0.3 is 10.4 Å². The standard InChI is InChI=1S/C14H12BrNO3S/c1-7-3-9(5-10(15)4-7)13(17)16-11-8(2)6-20-12(11)14(18)19/h3-6H,1-2H3,(H,16,17)(H,18,19). The molecule has 0 saturated carbocycles. The SMILES string of the molecule is Cc1cc(Br)cc(C(=O)Nc2c(C)csc2C(=O)O)c1. The van der Waals surface area contributed by atoms with Crippen molar-refractivity contribution >= 4 is 44.8 Å². The highest BCUT2D eigenvalue weighted by molar-refractivity contribution is 9.10. The third-order valence-electron chi connectivity index (χ3n) is 2.71. The lowest BCUT2D eigenvalue weighted by Gasteiger charge is -2.07. The predicted octanol–water partition coefficient (Wildman–Crippen LogP) is 4.08. The molecule has 0 atom stereocenters. The number of hydrogen-bond acceptors (Lipinski definition) is 3. The van der Waals surface area contributed by atoms with Crippen LogP contribution in [0.4, 0.5) is 5.69 Å². The highest BCUT2D eigenvalue weighted by atomic mass is 79.9. The van der Waals surface area contributed by atoms with E-state index in [1.165, 1.54) is 0 Å². The summed E-state index contributed by atoms with van der Waals surface area (Å²) in [5.74, 6) is -1.36. The Labute approximate surface area is 128 Å². The molecule has 1 aromatic heterocycles. The number of nitrogens with one attached hydrogen (secondary N) is 1. The van der Waals surface area contributed by atoms with Gasteiger partial charge in [-0.15, -0.1) is 11.3 Å². The van der Waals surface area contributed by atoms with E-state index in [1.54, 1.807) is 24.4 Å². The van der Waals surface area contributed by atoms with Crippen LogP contribution in [-0.4, -0.2) is 17.0 Å². The van der Waals surface area contributed by atoms with E-state index in [9.17, 15) is 9.59 Å². The van der Waals surface area contributed by atoms with Gasteiger partial charge in [-0.1, -0.05) is 15.9 Å². The summed E-state index contributed by atoms with van der Waals surface area (Å²) in [7, 11) is 0. The summed E-state index contributed by atoms with van der Waals surface area (Å²) in [5, 5.41) is 13.5. The number of aryl methyl sites for hydroxylation is 2. The fourth-order valence-electron chi connectivity index (χ4n) is 1.81. The predicted molar refractivity (Wildman–Crippen MR) is 82.8 cm³/mol. The van der Waals surface area contributed by atoms with E-state index in [-0.39, 0.29) is 10.8 Å². The van der Waals surface area contributed by atoms with Gasteiger partial charge in [0.05, 0.1) is 5.69 Å². The van der Waals surface area contributed by atoms with Crippen LogP contribution < -0.4 is 5.32 Å². The van der Waals surface area contributed by atoms with E-state index in [1.807, 2.05) is 13.0 Å². The average Bonchev–Trinajstić information content (AvgIpc) is 2.70. The van der Waals surface area contributed by atoms with Crippen molar-refractivity contribution in [1.29, 1.82) is 0 Å². The van der Waals surface area contributed by atoms with Crippen molar-refractivity contribution in [2.24, 2.45) is 0 Å². The summed E-state index contributed by atoms with van der Waals surface area (Å²) in [4.78, 5) is 23.5. The molecule has 2 rings (SSSR count). The number of aromatic carboxylic acids is 1. The summed E-state index contributed by atoms with van der Waals surface area (Å²) in [5.41, 5.74) is 2.54. The summed E-state index contributed by atoms with van der Waals surface area (Å²) in [6.45, 7) is 3.66. The van der Waals surface area contributed by atoms with Gasteiger partial charge >= 0.3 is 5.97 Å². The average molecular weight is 354 g/mol. The first-order valence-electron chi connectivity index (χ1n) is 5.78. The van der Waals surface area contributed by atoms with Gasteiger partial charge in [0, 0.05) is 10.0 Å². The number of hydrogen-bond donors (Lipinski definition) is 2. The number of carboxylic acid groups (broad SMARTS) is 1. The van der Waals surface area contributed by atoms with Crippen LogP contribution in [0.5, 0.6) is 0 Å². The first-order chi connectivity index (χ1) is 9.38. The van der Waals surface area contributed by atoms with Gasteiger partial charge in [0.2, 0.25) is 0 Å². The number of thiophene rings is 1. The van der Waals surface area contributed by atoms with Gasteiger partial charge in [-0.05, 0) is 48.6 Å². The number of carboxylic acids is 1. The lowest BCUT2D eigenvalue weighted by molar-refractivity contribution is 0.0703. The Morgan fingerprint density at radius 3 is 2.55 bits per heavy atom. The Balaban J connectivity index is 2.32. The van der Waals surface area contributed by atoms with Crippen LogP contribution >= 0.6 is 27.3 Å². The second kappa shape index (κ2) is 5.76. The van der Waals surface area contributed by atoms with E-state index in [0.717, 1.165) is 26.9 Å². The van der Waals surface area contributed by atoms with Crippen LogP contribution in [0, 0.1) is 13.8 Å². The van der Waals surface area contributed by atoms with Gasteiger partial charge in [0.25, 0.3) is 5.91 Å². The molecule has 1 amide bonds. The Bertz CT molecular complexity index is 673. The van der Waals surface area contributed by atoms with Crippen LogP contribution in [0.3, 0.4) is 0 Å². The molecular formula is C14H12BrNO3S. The number of carbonyl (C=O) groups is 2. The topological polar surface area (TPSA) is 66.4 Å². The molecule has 6 heteroatoms. The highest BCUT2D eigenvalue weighted by Crippen LogP contribution is 2.28. The molecule has 1 heterocycles. The molecule has 4 nitrogen and oxygen atoms in total. The zero-order chi connectivity index (χ0) is 14.9. The van der Waals surface area contributed by atoms with Gasteiger partial charge in [-0.2, -0.15) is 0 Å². The normalized spacial score (nSPS) is 10.3. The lowest BCUT2D eigenvalue weighted by atomic mass is 10.1. The van der Waals surface area contributed by atoms with E-state index < -0.39 is 5.97 Å². The van der Waals surface area contributed by atoms with Gasteiger partial charge in [-0.25, -0.2) is 4.79 Å². The maximum atomic E-state index is 12.2. The van der Waals surface area contributed by atoms with E-state index >= 15 is 0 Å². The minimum atomic E-state index is -1.04. The lowest BCUT2D eigenvalue weighted by Crippen LogP contribution is -2.14.